The molecule has 3 heterocycles. The Hall–Kier alpha value is -1.83. The molecule has 3 aromatic rings. The van der Waals surface area contributed by atoms with Crippen LogP contribution in [0.1, 0.15) is 34.9 Å². The summed E-state index contributed by atoms with van der Waals surface area (Å²) < 4.78 is 4.35. The van der Waals surface area contributed by atoms with Gasteiger partial charge in [-0.2, -0.15) is 9.36 Å². The second kappa shape index (κ2) is 6.82. The lowest BCUT2D eigenvalue weighted by atomic mass is 10.1. The number of hydrogen-bond donors (Lipinski definition) is 1. The van der Waals surface area contributed by atoms with Gasteiger partial charge in [0.15, 0.2) is 6.67 Å². The Morgan fingerprint density at radius 1 is 1.20 bits per heavy atom. The minimum Gasteiger partial charge on any atom is -0.309 e. The fourth-order valence-electron chi connectivity index (χ4n) is 3.78. The number of tetrazole rings is 1. The Morgan fingerprint density at radius 2 is 2.00 bits per heavy atom. The van der Waals surface area contributed by atoms with Crippen molar-refractivity contribution in [2.75, 3.05) is 6.54 Å². The molecule has 1 unspecified atom stereocenters. The van der Waals surface area contributed by atoms with E-state index >= 15 is 0 Å². The Kier molecular flexibility index (Phi) is 4.54. The number of aromatic nitrogens is 4. The smallest absolute Gasteiger partial charge is 0.225 e. The van der Waals surface area contributed by atoms with Crippen LogP contribution >= 0.6 is 23.6 Å². The molecule has 1 fully saturated rings. The molecule has 1 saturated heterocycles. The van der Waals surface area contributed by atoms with E-state index in [1.54, 1.807) is 4.68 Å². The van der Waals surface area contributed by atoms with Gasteiger partial charge in [-0.15, -0.1) is 11.3 Å². The van der Waals surface area contributed by atoms with Crippen molar-refractivity contribution in [2.45, 2.75) is 39.4 Å². The van der Waals surface area contributed by atoms with Crippen LogP contribution in [0.3, 0.4) is 0 Å². The standard InChI is InChI=1S/C18H21N5S2/c1-13-6-3-7-14(2)17(13)23-18(24)22(19-20-23)12-21-10-4-8-15(21)16-9-5-11-25-16/h3,5-7,9,11,15H,4,8,10,12H2,1-2H3/p+1/t15-/m0/s1. The average Bonchev–Trinajstić information content (AvgIpc) is 3.31. The van der Waals surface area contributed by atoms with Crippen LogP contribution in [0.15, 0.2) is 35.7 Å². The summed E-state index contributed by atoms with van der Waals surface area (Å²) in [4.78, 5) is 2.98. The number of nitrogens with zero attached hydrogens (tertiary/aromatic N) is 4. The van der Waals surface area contributed by atoms with Crippen molar-refractivity contribution in [2.24, 2.45) is 0 Å². The molecule has 0 amide bonds. The summed E-state index contributed by atoms with van der Waals surface area (Å²) in [6.45, 7) is 6.09. The van der Waals surface area contributed by atoms with Gasteiger partial charge in [-0.05, 0) is 59.1 Å². The van der Waals surface area contributed by atoms with Crippen LogP contribution in [0.25, 0.3) is 5.69 Å². The highest BCUT2D eigenvalue weighted by molar-refractivity contribution is 7.71. The van der Waals surface area contributed by atoms with Gasteiger partial charge < -0.3 is 4.90 Å². The lowest BCUT2D eigenvalue weighted by molar-refractivity contribution is -0.941. The number of hydrogen-bond acceptors (Lipinski definition) is 4. The molecule has 1 aromatic carbocycles. The molecule has 4 rings (SSSR count). The zero-order valence-corrected chi connectivity index (χ0v) is 16.1. The molecule has 0 aliphatic carbocycles. The lowest BCUT2D eigenvalue weighted by Gasteiger charge is -2.19. The third-order valence-corrected chi connectivity index (χ3v) is 6.38. The van der Waals surface area contributed by atoms with Crippen molar-refractivity contribution in [3.8, 4) is 5.69 Å². The normalized spacial score (nSPS) is 20.2. The number of aryl methyl sites for hydroxylation is 2. The van der Waals surface area contributed by atoms with Crippen molar-refractivity contribution >= 4 is 23.6 Å². The summed E-state index contributed by atoms with van der Waals surface area (Å²) in [6, 6.07) is 11.2. The molecule has 1 aliphatic heterocycles. The van der Waals surface area contributed by atoms with Gasteiger partial charge in [-0.25, -0.2) is 0 Å². The van der Waals surface area contributed by atoms with Gasteiger partial charge in [0, 0.05) is 12.8 Å². The maximum absolute atomic E-state index is 5.69. The average molecular weight is 373 g/mol. The van der Waals surface area contributed by atoms with Crippen molar-refractivity contribution in [1.82, 2.24) is 19.8 Å². The van der Waals surface area contributed by atoms with E-state index in [1.165, 1.54) is 22.6 Å². The predicted octanol–water partition coefficient (Wildman–Crippen LogP) is 2.85. The van der Waals surface area contributed by atoms with Crippen molar-refractivity contribution in [1.29, 1.82) is 0 Å². The van der Waals surface area contributed by atoms with E-state index in [-0.39, 0.29) is 0 Å². The third kappa shape index (κ3) is 3.07. The lowest BCUT2D eigenvalue weighted by Crippen LogP contribution is -3.09. The molecule has 7 heteroatoms. The van der Waals surface area contributed by atoms with E-state index in [9.17, 15) is 0 Å². The number of quaternary nitrogens is 1. The molecule has 0 spiro atoms. The summed E-state index contributed by atoms with van der Waals surface area (Å²) in [5, 5.41) is 10.9. The molecular weight excluding hydrogens is 350 g/mol. The molecule has 1 N–H and O–H groups in total. The first-order valence-corrected chi connectivity index (χ1v) is 9.91. The van der Waals surface area contributed by atoms with Crippen LogP contribution in [0.2, 0.25) is 0 Å². The zero-order chi connectivity index (χ0) is 17.4. The van der Waals surface area contributed by atoms with Gasteiger partial charge in [-0.1, -0.05) is 24.3 Å². The number of nitrogens with one attached hydrogen (secondary N) is 1. The van der Waals surface area contributed by atoms with Crippen LogP contribution in [-0.4, -0.2) is 26.3 Å². The fourth-order valence-corrected chi connectivity index (χ4v) is 4.93. The highest BCUT2D eigenvalue weighted by Gasteiger charge is 2.31. The molecule has 5 nitrogen and oxygen atoms in total. The number of para-hydroxylation sites is 1. The fraction of sp³-hybridized carbons (Fsp3) is 0.389. The largest absolute Gasteiger partial charge is 0.309 e. The molecule has 130 valence electrons. The maximum Gasteiger partial charge on any atom is 0.225 e. The van der Waals surface area contributed by atoms with Crippen LogP contribution in [0.4, 0.5) is 0 Å². The second-order valence-electron chi connectivity index (χ2n) is 6.69. The first-order valence-electron chi connectivity index (χ1n) is 8.62. The summed E-state index contributed by atoms with van der Waals surface area (Å²) in [6.07, 6.45) is 2.48. The van der Waals surface area contributed by atoms with Gasteiger partial charge in [0.1, 0.15) is 6.04 Å². The van der Waals surface area contributed by atoms with E-state index in [4.69, 9.17) is 12.2 Å². The van der Waals surface area contributed by atoms with E-state index < -0.39 is 0 Å². The highest BCUT2D eigenvalue weighted by atomic mass is 32.1. The first-order chi connectivity index (χ1) is 12.1. The van der Waals surface area contributed by atoms with Crippen molar-refractivity contribution < 1.29 is 4.90 Å². The number of thiophene rings is 1. The Labute approximate surface area is 156 Å². The highest BCUT2D eigenvalue weighted by Crippen LogP contribution is 2.23. The molecule has 2 aromatic heterocycles. The number of likely N-dealkylation sites (tertiary alicyclic amines) is 1. The molecule has 2 atom stereocenters. The maximum atomic E-state index is 5.69. The molecule has 0 saturated carbocycles. The number of benzene rings is 1. The topological polar surface area (TPSA) is 40.1 Å². The summed E-state index contributed by atoms with van der Waals surface area (Å²) >= 11 is 7.54. The van der Waals surface area contributed by atoms with Crippen LogP contribution in [-0.2, 0) is 6.67 Å². The molecule has 0 radical (unpaired) electrons. The van der Waals surface area contributed by atoms with Gasteiger partial charge >= 0.3 is 0 Å². The summed E-state index contributed by atoms with van der Waals surface area (Å²) in [5.74, 6) is 0. The van der Waals surface area contributed by atoms with E-state index in [2.05, 4.69) is 60.0 Å². The van der Waals surface area contributed by atoms with Crippen LogP contribution in [0, 0.1) is 18.6 Å². The van der Waals surface area contributed by atoms with Gasteiger partial charge in [-0.3, -0.25) is 0 Å². The monoisotopic (exact) mass is 372 g/mol. The zero-order valence-electron chi connectivity index (χ0n) is 14.5. The second-order valence-corrected chi connectivity index (χ2v) is 8.03. The van der Waals surface area contributed by atoms with Crippen LogP contribution in [0.5, 0.6) is 0 Å². The SMILES string of the molecule is Cc1cccc(C)c1-n1nnn(C[NH+]2CCC[C@H]2c2cccs2)c1=S. The predicted molar refractivity (Wildman–Crippen MR) is 102 cm³/mol. The summed E-state index contributed by atoms with van der Waals surface area (Å²) in [7, 11) is 0. The van der Waals surface area contributed by atoms with E-state index in [0.29, 0.717) is 10.8 Å². The van der Waals surface area contributed by atoms with Gasteiger partial charge in [0.05, 0.1) is 17.1 Å². The van der Waals surface area contributed by atoms with Gasteiger partial charge in [0.25, 0.3) is 0 Å². The van der Waals surface area contributed by atoms with E-state index in [1.807, 2.05) is 16.0 Å². The molecule has 25 heavy (non-hydrogen) atoms. The quantitative estimate of drug-likeness (QED) is 0.716. The van der Waals surface area contributed by atoms with E-state index in [0.717, 1.165) is 30.0 Å². The van der Waals surface area contributed by atoms with Crippen LogP contribution < -0.4 is 4.90 Å². The number of rotatable bonds is 4. The molecule has 0 bridgehead atoms. The van der Waals surface area contributed by atoms with Gasteiger partial charge in [0.2, 0.25) is 4.77 Å². The third-order valence-electron chi connectivity index (χ3n) is 5.01. The molecule has 1 aliphatic rings. The minimum absolute atomic E-state index is 0.548. The Bertz CT molecular complexity index is 905. The van der Waals surface area contributed by atoms with Crippen molar-refractivity contribution in [3.05, 3.63) is 56.5 Å². The summed E-state index contributed by atoms with van der Waals surface area (Å²) in [5.41, 5.74) is 3.37. The minimum atomic E-state index is 0.548. The van der Waals surface area contributed by atoms with Crippen molar-refractivity contribution in [3.63, 3.8) is 0 Å². The Balaban J connectivity index is 1.63. The molecular formula is C18H22N5S2+. The Morgan fingerprint density at radius 3 is 2.72 bits per heavy atom. The first kappa shape index (κ1) is 16.6.